The van der Waals surface area contributed by atoms with Crippen molar-refractivity contribution in [2.75, 3.05) is 5.32 Å². The van der Waals surface area contributed by atoms with E-state index in [0.29, 0.717) is 22.3 Å². The number of rotatable bonds is 4. The smallest absolute Gasteiger partial charge is 0.406 e. The van der Waals surface area contributed by atoms with E-state index in [4.69, 9.17) is 0 Å². The van der Waals surface area contributed by atoms with Gasteiger partial charge in [0.1, 0.15) is 11.4 Å². The van der Waals surface area contributed by atoms with Crippen LogP contribution in [0.2, 0.25) is 0 Å². The number of halogens is 3. The van der Waals surface area contributed by atoms with Crippen LogP contribution in [0.3, 0.4) is 0 Å². The third-order valence-electron chi connectivity index (χ3n) is 4.27. The Morgan fingerprint density at radius 2 is 1.73 bits per heavy atom. The van der Waals surface area contributed by atoms with Crippen molar-refractivity contribution in [3.8, 4) is 16.9 Å². The summed E-state index contributed by atoms with van der Waals surface area (Å²) in [4.78, 5) is 21.0. The quantitative estimate of drug-likeness (QED) is 0.487. The molecule has 150 valence electrons. The van der Waals surface area contributed by atoms with E-state index in [2.05, 4.69) is 20.0 Å². The molecule has 0 saturated carbocycles. The number of ether oxygens (including phenoxy) is 1. The molecule has 0 unspecified atom stereocenters. The molecule has 0 bridgehead atoms. The molecule has 2 aromatic carbocycles. The van der Waals surface area contributed by atoms with E-state index in [1.165, 1.54) is 30.5 Å². The van der Waals surface area contributed by atoms with Crippen LogP contribution in [0.5, 0.6) is 5.75 Å². The molecule has 0 atom stereocenters. The third kappa shape index (κ3) is 4.38. The average molecular weight is 409 g/mol. The van der Waals surface area contributed by atoms with E-state index in [0.717, 1.165) is 5.39 Å². The van der Waals surface area contributed by atoms with Gasteiger partial charge in [0.05, 0.1) is 17.4 Å². The fourth-order valence-electron chi connectivity index (χ4n) is 2.97. The number of hydrogen-bond donors (Lipinski definition) is 1. The summed E-state index contributed by atoms with van der Waals surface area (Å²) in [6, 6.07) is 17.7. The predicted molar refractivity (Wildman–Crippen MR) is 106 cm³/mol. The molecule has 0 aliphatic rings. The second-order valence-corrected chi connectivity index (χ2v) is 6.34. The highest BCUT2D eigenvalue weighted by Gasteiger charge is 2.31. The van der Waals surface area contributed by atoms with Crippen molar-refractivity contribution in [3.63, 3.8) is 0 Å². The maximum absolute atomic E-state index is 12.6. The summed E-state index contributed by atoms with van der Waals surface area (Å²) in [5, 5.41) is 3.52. The second kappa shape index (κ2) is 7.82. The first-order chi connectivity index (χ1) is 14.4. The number of hydrogen-bond acceptors (Lipinski definition) is 4. The molecular formula is C22H14F3N3O2. The highest BCUT2D eigenvalue weighted by Crippen LogP contribution is 2.30. The van der Waals surface area contributed by atoms with Crippen molar-refractivity contribution < 1.29 is 22.7 Å². The highest BCUT2D eigenvalue weighted by atomic mass is 19.4. The first-order valence-corrected chi connectivity index (χ1v) is 8.86. The molecule has 1 amide bonds. The Labute approximate surface area is 169 Å². The van der Waals surface area contributed by atoms with Crippen molar-refractivity contribution in [2.24, 2.45) is 0 Å². The molecule has 0 fully saturated rings. The number of aromatic nitrogens is 2. The Hall–Kier alpha value is -3.94. The number of pyridine rings is 2. The zero-order chi connectivity index (χ0) is 21.1. The SMILES string of the molecule is O=C(Nc1cccnc1)c1ccc2cccc(-c3ccc(OC(F)(F)F)cc3)c2n1. The average Bonchev–Trinajstić information content (AvgIpc) is 2.73. The minimum atomic E-state index is -4.75. The van der Waals surface area contributed by atoms with Gasteiger partial charge < -0.3 is 10.1 Å². The molecule has 30 heavy (non-hydrogen) atoms. The van der Waals surface area contributed by atoms with Gasteiger partial charge in [-0.2, -0.15) is 0 Å². The van der Waals surface area contributed by atoms with E-state index < -0.39 is 12.3 Å². The largest absolute Gasteiger partial charge is 0.573 e. The first kappa shape index (κ1) is 19.4. The zero-order valence-corrected chi connectivity index (χ0v) is 15.4. The van der Waals surface area contributed by atoms with Crippen LogP contribution in [0.15, 0.2) is 79.1 Å². The number of nitrogens with zero attached hydrogens (tertiary/aromatic N) is 2. The summed E-state index contributed by atoms with van der Waals surface area (Å²) < 4.78 is 41.0. The lowest BCUT2D eigenvalue weighted by Gasteiger charge is -2.11. The van der Waals surface area contributed by atoms with E-state index in [1.807, 2.05) is 12.1 Å². The Kier molecular flexibility index (Phi) is 5.05. The summed E-state index contributed by atoms with van der Waals surface area (Å²) in [5.74, 6) is -0.704. The number of benzene rings is 2. The Morgan fingerprint density at radius 1 is 0.933 bits per heavy atom. The second-order valence-electron chi connectivity index (χ2n) is 6.34. The summed E-state index contributed by atoms with van der Waals surface area (Å²) in [5.41, 5.74) is 2.63. The fraction of sp³-hybridized carbons (Fsp3) is 0.0455. The molecule has 4 rings (SSSR count). The predicted octanol–water partition coefficient (Wildman–Crippen LogP) is 5.45. The van der Waals surface area contributed by atoms with Crippen LogP contribution in [0.1, 0.15) is 10.5 Å². The van der Waals surface area contributed by atoms with Crippen LogP contribution in [0, 0.1) is 0 Å². The minimum absolute atomic E-state index is 0.204. The van der Waals surface area contributed by atoms with Crippen molar-refractivity contribution in [3.05, 3.63) is 84.8 Å². The molecule has 8 heteroatoms. The minimum Gasteiger partial charge on any atom is -0.406 e. The molecule has 0 aliphatic heterocycles. The number of nitrogens with one attached hydrogen (secondary N) is 1. The molecule has 0 aliphatic carbocycles. The number of para-hydroxylation sites is 1. The number of carbonyl (C=O) groups excluding carboxylic acids is 1. The van der Waals surface area contributed by atoms with Crippen LogP contribution < -0.4 is 10.1 Å². The van der Waals surface area contributed by atoms with Crippen LogP contribution in [0.25, 0.3) is 22.0 Å². The van der Waals surface area contributed by atoms with Crippen LogP contribution in [-0.4, -0.2) is 22.2 Å². The zero-order valence-electron chi connectivity index (χ0n) is 15.4. The van der Waals surface area contributed by atoms with E-state index in [1.54, 1.807) is 36.5 Å². The molecule has 0 spiro atoms. The summed E-state index contributed by atoms with van der Waals surface area (Å²) in [7, 11) is 0. The van der Waals surface area contributed by atoms with E-state index in [9.17, 15) is 18.0 Å². The van der Waals surface area contributed by atoms with Crippen LogP contribution in [-0.2, 0) is 0 Å². The number of amides is 1. The Bertz CT molecular complexity index is 1190. The Balaban J connectivity index is 1.67. The molecular weight excluding hydrogens is 395 g/mol. The number of anilines is 1. The summed E-state index contributed by atoms with van der Waals surface area (Å²) in [6.45, 7) is 0. The normalized spacial score (nSPS) is 11.3. The van der Waals surface area contributed by atoms with Gasteiger partial charge in [0.15, 0.2) is 0 Å². The molecule has 2 heterocycles. The maximum atomic E-state index is 12.6. The van der Waals surface area contributed by atoms with E-state index >= 15 is 0 Å². The molecule has 2 aromatic heterocycles. The monoisotopic (exact) mass is 409 g/mol. The van der Waals surface area contributed by atoms with Gasteiger partial charge in [-0.3, -0.25) is 9.78 Å². The topological polar surface area (TPSA) is 64.1 Å². The van der Waals surface area contributed by atoms with Gasteiger partial charge >= 0.3 is 6.36 Å². The number of alkyl halides is 3. The maximum Gasteiger partial charge on any atom is 0.573 e. The Morgan fingerprint density at radius 3 is 2.43 bits per heavy atom. The van der Waals surface area contributed by atoms with E-state index in [-0.39, 0.29) is 11.4 Å². The number of carbonyl (C=O) groups is 1. The van der Waals surface area contributed by atoms with Crippen LogP contribution in [0.4, 0.5) is 18.9 Å². The van der Waals surface area contributed by atoms with Gasteiger partial charge in [-0.25, -0.2) is 4.98 Å². The van der Waals surface area contributed by atoms with Gasteiger partial charge in [-0.05, 0) is 35.9 Å². The highest BCUT2D eigenvalue weighted by molar-refractivity contribution is 6.05. The fourth-order valence-corrected chi connectivity index (χ4v) is 2.97. The first-order valence-electron chi connectivity index (χ1n) is 8.86. The third-order valence-corrected chi connectivity index (χ3v) is 4.27. The molecule has 5 nitrogen and oxygen atoms in total. The molecule has 4 aromatic rings. The van der Waals surface area contributed by atoms with Crippen molar-refractivity contribution in [1.29, 1.82) is 0 Å². The lowest BCUT2D eigenvalue weighted by Crippen LogP contribution is -2.16. The molecule has 0 radical (unpaired) electrons. The van der Waals surface area contributed by atoms with Crippen molar-refractivity contribution in [1.82, 2.24) is 9.97 Å². The lowest BCUT2D eigenvalue weighted by molar-refractivity contribution is -0.274. The molecule has 0 saturated heterocycles. The van der Waals surface area contributed by atoms with Gasteiger partial charge in [-0.15, -0.1) is 13.2 Å². The van der Waals surface area contributed by atoms with Gasteiger partial charge in [0.2, 0.25) is 0 Å². The standard InChI is InChI=1S/C22H14F3N3O2/c23-22(24,25)30-17-9-6-14(7-10-17)18-5-1-3-15-8-11-19(28-20(15)18)21(29)27-16-4-2-12-26-13-16/h1-13H,(H,27,29). The van der Waals surface area contributed by atoms with Gasteiger partial charge in [0.25, 0.3) is 5.91 Å². The number of fused-ring (bicyclic) bond motifs is 1. The van der Waals surface area contributed by atoms with Gasteiger partial charge in [-0.1, -0.05) is 36.4 Å². The molecule has 1 N–H and O–H groups in total. The summed E-state index contributed by atoms with van der Waals surface area (Å²) >= 11 is 0. The summed E-state index contributed by atoms with van der Waals surface area (Å²) in [6.07, 6.45) is -1.63. The van der Waals surface area contributed by atoms with Gasteiger partial charge in [0, 0.05) is 17.1 Å². The lowest BCUT2D eigenvalue weighted by atomic mass is 10.0. The van der Waals surface area contributed by atoms with Crippen LogP contribution >= 0.6 is 0 Å². The van der Waals surface area contributed by atoms with Crippen molar-refractivity contribution >= 4 is 22.5 Å². The van der Waals surface area contributed by atoms with Crippen molar-refractivity contribution in [2.45, 2.75) is 6.36 Å².